The van der Waals surface area contributed by atoms with Crippen LogP contribution in [0.15, 0.2) is 16.7 Å². The maximum Gasteiger partial charge on any atom is 0.136 e. The lowest BCUT2D eigenvalue weighted by molar-refractivity contribution is 0.639. The van der Waals surface area contributed by atoms with Crippen LogP contribution in [0.25, 0.3) is 10.9 Å². The van der Waals surface area contributed by atoms with E-state index in [0.717, 1.165) is 0 Å². The third-order valence-corrected chi connectivity index (χ3v) is 2.32. The number of rotatable bonds is 0. The largest absolute Gasteiger partial charge is 0.270 e. The van der Waals surface area contributed by atoms with E-state index < -0.39 is 0 Å². The number of aromatic amines is 1. The summed E-state index contributed by atoms with van der Waals surface area (Å²) in [5.41, 5.74) is 0.520. The van der Waals surface area contributed by atoms with E-state index in [2.05, 4.69) is 26.1 Å². The molecule has 12 heavy (non-hydrogen) atoms. The zero-order valence-electron chi connectivity index (χ0n) is 5.74. The third kappa shape index (κ3) is 1.11. The highest BCUT2D eigenvalue weighted by atomic mass is 79.9. The fourth-order valence-electron chi connectivity index (χ4n) is 1.03. The minimum absolute atomic E-state index is 0.346. The molecule has 0 aliphatic rings. The molecule has 1 heterocycles. The van der Waals surface area contributed by atoms with Crippen LogP contribution in [0.1, 0.15) is 0 Å². The summed E-state index contributed by atoms with van der Waals surface area (Å²) >= 11 is 8.77. The predicted molar refractivity (Wildman–Crippen MR) is 48.8 cm³/mol. The summed E-state index contributed by atoms with van der Waals surface area (Å²) in [6.45, 7) is 0. The molecule has 0 fully saturated rings. The Kier molecular flexibility index (Phi) is 1.81. The van der Waals surface area contributed by atoms with Crippen molar-refractivity contribution in [1.82, 2.24) is 10.2 Å². The van der Waals surface area contributed by atoms with E-state index in [4.69, 9.17) is 11.6 Å². The molecule has 0 bridgehead atoms. The van der Waals surface area contributed by atoms with Gasteiger partial charge in [-0.05, 0) is 28.1 Å². The number of nitrogens with zero attached hydrogens (tertiary/aromatic N) is 1. The number of halogens is 3. The molecule has 0 aliphatic heterocycles. The highest BCUT2D eigenvalue weighted by Gasteiger charge is 2.08. The third-order valence-electron chi connectivity index (χ3n) is 1.53. The van der Waals surface area contributed by atoms with Gasteiger partial charge in [-0.25, -0.2) is 4.39 Å². The van der Waals surface area contributed by atoms with Crippen molar-refractivity contribution >= 4 is 38.4 Å². The Morgan fingerprint density at radius 3 is 3.00 bits per heavy atom. The van der Waals surface area contributed by atoms with Crippen LogP contribution >= 0.6 is 27.5 Å². The van der Waals surface area contributed by atoms with E-state index >= 15 is 0 Å². The number of fused-ring (bicyclic) bond motifs is 1. The molecule has 2 nitrogen and oxygen atoms in total. The molecule has 2 aromatic rings. The number of H-pyrrole nitrogens is 1. The summed E-state index contributed by atoms with van der Waals surface area (Å²) in [7, 11) is 0. The summed E-state index contributed by atoms with van der Waals surface area (Å²) in [6.07, 6.45) is 0. The molecule has 2 rings (SSSR count). The predicted octanol–water partition coefficient (Wildman–Crippen LogP) is 3.12. The van der Waals surface area contributed by atoms with Gasteiger partial charge in [0.25, 0.3) is 0 Å². The van der Waals surface area contributed by atoms with Crippen molar-refractivity contribution in [2.45, 2.75) is 0 Å². The minimum Gasteiger partial charge on any atom is -0.270 e. The lowest BCUT2D eigenvalue weighted by Gasteiger charge is -1.92. The Morgan fingerprint density at radius 1 is 1.50 bits per heavy atom. The van der Waals surface area contributed by atoms with Gasteiger partial charge >= 0.3 is 0 Å². The Hall–Kier alpha value is -0.610. The van der Waals surface area contributed by atoms with E-state index in [1.54, 1.807) is 6.07 Å². The van der Waals surface area contributed by atoms with Gasteiger partial charge in [0.15, 0.2) is 0 Å². The second-order valence-corrected chi connectivity index (χ2v) is 3.55. The molecule has 62 valence electrons. The minimum atomic E-state index is -0.377. The fourth-order valence-corrected chi connectivity index (χ4v) is 1.71. The van der Waals surface area contributed by atoms with Crippen molar-refractivity contribution < 1.29 is 4.39 Å². The van der Waals surface area contributed by atoms with Crippen molar-refractivity contribution in [2.75, 3.05) is 0 Å². The molecule has 0 aliphatic carbocycles. The maximum absolute atomic E-state index is 13.2. The van der Waals surface area contributed by atoms with E-state index in [1.165, 1.54) is 6.07 Å². The van der Waals surface area contributed by atoms with Gasteiger partial charge in [0.05, 0.1) is 10.9 Å². The van der Waals surface area contributed by atoms with E-state index in [-0.39, 0.29) is 5.82 Å². The van der Waals surface area contributed by atoms with Gasteiger partial charge in [-0.2, -0.15) is 5.10 Å². The van der Waals surface area contributed by atoms with Crippen LogP contribution < -0.4 is 0 Å². The first-order chi connectivity index (χ1) is 5.68. The van der Waals surface area contributed by atoms with E-state index in [1.807, 2.05) is 0 Å². The van der Waals surface area contributed by atoms with Crippen LogP contribution in [-0.2, 0) is 0 Å². The van der Waals surface area contributed by atoms with Crippen LogP contribution in [0.5, 0.6) is 0 Å². The Morgan fingerprint density at radius 2 is 2.25 bits per heavy atom. The molecule has 1 N–H and O–H groups in total. The van der Waals surface area contributed by atoms with Gasteiger partial charge in [0, 0.05) is 5.02 Å². The average molecular weight is 249 g/mol. The first kappa shape index (κ1) is 8.01. The number of benzene rings is 1. The van der Waals surface area contributed by atoms with Crippen LogP contribution in [-0.4, -0.2) is 10.2 Å². The lowest BCUT2D eigenvalue weighted by atomic mass is 10.2. The molecule has 1 aromatic heterocycles. The van der Waals surface area contributed by atoms with Gasteiger partial charge in [0.1, 0.15) is 10.4 Å². The first-order valence-electron chi connectivity index (χ1n) is 3.17. The molecule has 0 radical (unpaired) electrons. The smallest absolute Gasteiger partial charge is 0.136 e. The Labute approximate surface area is 80.8 Å². The Balaban J connectivity index is 2.93. The molecule has 1 aromatic carbocycles. The van der Waals surface area contributed by atoms with E-state index in [9.17, 15) is 4.39 Å². The van der Waals surface area contributed by atoms with Gasteiger partial charge in [-0.3, -0.25) is 5.10 Å². The number of hydrogen-bond acceptors (Lipinski definition) is 1. The maximum atomic E-state index is 13.2. The number of nitrogens with one attached hydrogen (secondary N) is 1. The SMILES string of the molecule is Fc1cc(Cl)cc2n[nH]c(Br)c12. The monoisotopic (exact) mass is 248 g/mol. The zero-order chi connectivity index (χ0) is 8.72. The average Bonchev–Trinajstić information content (AvgIpc) is 2.31. The van der Waals surface area contributed by atoms with Gasteiger partial charge in [0.2, 0.25) is 0 Å². The van der Waals surface area contributed by atoms with Gasteiger partial charge in [-0.1, -0.05) is 11.6 Å². The molecule has 0 unspecified atom stereocenters. The fraction of sp³-hybridized carbons (Fsp3) is 0. The van der Waals surface area contributed by atoms with Gasteiger partial charge < -0.3 is 0 Å². The van der Waals surface area contributed by atoms with Crippen molar-refractivity contribution in [3.63, 3.8) is 0 Å². The molecule has 5 heteroatoms. The summed E-state index contributed by atoms with van der Waals surface area (Å²) < 4.78 is 13.7. The quantitative estimate of drug-likeness (QED) is 0.763. The topological polar surface area (TPSA) is 28.7 Å². The van der Waals surface area contributed by atoms with Crippen molar-refractivity contribution in [3.05, 3.63) is 27.6 Å². The Bertz CT molecular complexity index is 440. The second kappa shape index (κ2) is 2.71. The summed E-state index contributed by atoms with van der Waals surface area (Å²) in [5, 5.41) is 7.23. The van der Waals surface area contributed by atoms with Crippen LogP contribution in [0.3, 0.4) is 0 Å². The first-order valence-corrected chi connectivity index (χ1v) is 4.34. The lowest BCUT2D eigenvalue weighted by Crippen LogP contribution is -1.76. The van der Waals surface area contributed by atoms with Crippen molar-refractivity contribution in [2.24, 2.45) is 0 Å². The standard InChI is InChI=1S/C7H3BrClFN2/c8-7-6-4(10)1-3(9)2-5(6)11-12-7/h1-2H,(H,11,12). The number of aromatic nitrogens is 2. The molecular weight excluding hydrogens is 246 g/mol. The molecule has 0 atom stereocenters. The van der Waals surface area contributed by atoms with Crippen LogP contribution in [0, 0.1) is 5.82 Å². The highest BCUT2D eigenvalue weighted by molar-refractivity contribution is 9.10. The number of hydrogen-bond donors (Lipinski definition) is 1. The zero-order valence-corrected chi connectivity index (χ0v) is 8.08. The van der Waals surface area contributed by atoms with Crippen LogP contribution in [0.4, 0.5) is 4.39 Å². The van der Waals surface area contributed by atoms with Crippen LogP contribution in [0.2, 0.25) is 5.02 Å². The van der Waals surface area contributed by atoms with Crippen molar-refractivity contribution in [3.8, 4) is 0 Å². The molecular formula is C7H3BrClFN2. The molecule has 0 saturated heterocycles. The second-order valence-electron chi connectivity index (χ2n) is 2.32. The normalized spacial score (nSPS) is 10.9. The van der Waals surface area contributed by atoms with E-state index in [0.29, 0.717) is 20.5 Å². The highest BCUT2D eigenvalue weighted by Crippen LogP contribution is 2.26. The summed E-state index contributed by atoms with van der Waals surface area (Å²) in [4.78, 5) is 0. The molecule has 0 saturated carbocycles. The van der Waals surface area contributed by atoms with Crippen molar-refractivity contribution in [1.29, 1.82) is 0 Å². The van der Waals surface area contributed by atoms with Gasteiger partial charge in [-0.15, -0.1) is 0 Å². The summed E-state index contributed by atoms with van der Waals surface area (Å²) in [6, 6.07) is 2.85. The molecule has 0 amide bonds. The molecule has 0 spiro atoms. The summed E-state index contributed by atoms with van der Waals surface area (Å²) in [5.74, 6) is -0.377.